The van der Waals surface area contributed by atoms with E-state index < -0.39 is 0 Å². The maximum absolute atomic E-state index is 5.27. The molecule has 0 N–H and O–H groups in total. The Morgan fingerprint density at radius 2 is 0.776 bits per heavy atom. The minimum atomic E-state index is 0.507. The molecular formula is C51H37N7. The van der Waals surface area contributed by atoms with E-state index in [1.165, 1.54) is 5.39 Å². The molecule has 11 aromatic rings. The Morgan fingerprint density at radius 1 is 0.345 bits per heavy atom. The summed E-state index contributed by atoms with van der Waals surface area (Å²) in [6.07, 6.45) is 3.69. The summed E-state index contributed by atoms with van der Waals surface area (Å²) >= 11 is 0. The van der Waals surface area contributed by atoms with Crippen molar-refractivity contribution in [3.63, 3.8) is 0 Å². The molecule has 7 heteroatoms. The molecule has 0 bridgehead atoms. The molecular weight excluding hydrogens is 711 g/mol. The number of para-hydroxylation sites is 3. The molecule has 0 aliphatic carbocycles. The number of aromatic nitrogens is 7. The van der Waals surface area contributed by atoms with Gasteiger partial charge in [0.25, 0.3) is 0 Å². The van der Waals surface area contributed by atoms with Gasteiger partial charge in [-0.25, -0.2) is 4.98 Å². The molecule has 0 atom stereocenters. The lowest BCUT2D eigenvalue weighted by Crippen LogP contribution is -2.07. The molecule has 276 valence electrons. The normalized spacial score (nSPS) is 11.3. The zero-order valence-electron chi connectivity index (χ0n) is 32.0. The predicted molar refractivity (Wildman–Crippen MR) is 237 cm³/mol. The predicted octanol–water partition coefficient (Wildman–Crippen LogP) is 12.5. The summed E-state index contributed by atoms with van der Waals surface area (Å²) in [5.41, 5.74) is 10.7. The molecule has 5 heterocycles. The van der Waals surface area contributed by atoms with Crippen molar-refractivity contribution in [2.24, 2.45) is 0 Å². The summed E-state index contributed by atoms with van der Waals surface area (Å²) in [5.74, 6) is 1.55. The maximum atomic E-state index is 5.27. The molecule has 0 radical (unpaired) electrons. The van der Waals surface area contributed by atoms with E-state index in [0.717, 1.165) is 77.6 Å². The zero-order chi connectivity index (χ0) is 39.0. The largest absolute Gasteiger partial charge is 0.307 e. The summed E-state index contributed by atoms with van der Waals surface area (Å²) in [6, 6.07) is 60.6. The minimum Gasteiger partial charge on any atom is -0.307 e. The number of nitrogens with zero attached hydrogens (tertiary/aromatic N) is 7. The molecule has 58 heavy (non-hydrogen) atoms. The van der Waals surface area contributed by atoms with Crippen LogP contribution in [0.3, 0.4) is 0 Å². The topological polar surface area (TPSA) is 74.3 Å². The number of rotatable bonds is 6. The third kappa shape index (κ3) is 5.88. The number of pyridine rings is 2. The third-order valence-electron chi connectivity index (χ3n) is 10.5. The maximum Gasteiger partial charge on any atom is 0.238 e. The van der Waals surface area contributed by atoms with Gasteiger partial charge in [-0.05, 0) is 48.5 Å². The molecule has 0 saturated carbocycles. The van der Waals surface area contributed by atoms with Gasteiger partial charge in [-0.2, -0.15) is 9.97 Å². The van der Waals surface area contributed by atoms with Gasteiger partial charge in [0.2, 0.25) is 5.95 Å². The van der Waals surface area contributed by atoms with E-state index in [2.05, 4.69) is 124 Å². The molecule has 0 amide bonds. The fraction of sp³-hybridized carbons (Fsp3) is 0.0392. The van der Waals surface area contributed by atoms with E-state index >= 15 is 0 Å². The lowest BCUT2D eigenvalue weighted by Gasteiger charge is -2.13. The van der Waals surface area contributed by atoms with Crippen molar-refractivity contribution in [2.45, 2.75) is 13.8 Å². The first-order chi connectivity index (χ1) is 28.8. The summed E-state index contributed by atoms with van der Waals surface area (Å²) in [5, 5.41) is 4.55. The van der Waals surface area contributed by atoms with Crippen LogP contribution in [0.15, 0.2) is 188 Å². The first-order valence-corrected chi connectivity index (χ1v) is 19.6. The van der Waals surface area contributed by atoms with Gasteiger partial charge in [0.15, 0.2) is 11.6 Å². The fourth-order valence-corrected chi connectivity index (χ4v) is 7.89. The number of benzene rings is 6. The first kappa shape index (κ1) is 34.7. The highest BCUT2D eigenvalue weighted by atomic mass is 15.2. The van der Waals surface area contributed by atoms with Crippen molar-refractivity contribution < 1.29 is 0 Å². The molecule has 0 aliphatic heterocycles. The smallest absolute Gasteiger partial charge is 0.238 e. The van der Waals surface area contributed by atoms with Crippen LogP contribution in [0.5, 0.6) is 0 Å². The van der Waals surface area contributed by atoms with E-state index in [1.54, 1.807) is 0 Å². The van der Waals surface area contributed by atoms with Crippen LogP contribution in [-0.4, -0.2) is 34.1 Å². The van der Waals surface area contributed by atoms with Gasteiger partial charge in [-0.1, -0.05) is 141 Å². The Hall–Kier alpha value is -7.77. The summed E-state index contributed by atoms with van der Waals surface area (Å²) in [7, 11) is 0. The van der Waals surface area contributed by atoms with Crippen LogP contribution in [0, 0.1) is 0 Å². The quantitative estimate of drug-likeness (QED) is 0.169. The highest BCUT2D eigenvalue weighted by molar-refractivity contribution is 6.23. The average molecular weight is 748 g/mol. The minimum absolute atomic E-state index is 0.507. The standard InChI is InChI=1S/C49H31N7.C2H6/c1-4-14-32(15-5-1)41-28-24-34(30-50-41)47-52-48(35-25-29-42(51-31-35)33-16-6-2-7-17-33)54-49(53-47)56-44-23-13-11-21-38(44)40-27-26-39-37-20-10-12-22-43(37)55(45(39)46(40)56)36-18-8-3-9-19-36;1-2/h1-31H;1-2H3. The Labute approximate surface area is 335 Å². The Kier molecular flexibility index (Phi) is 8.80. The third-order valence-corrected chi connectivity index (χ3v) is 10.5. The lowest BCUT2D eigenvalue weighted by atomic mass is 10.1. The number of hydrogen-bond donors (Lipinski definition) is 0. The molecule has 0 fully saturated rings. The molecule has 0 spiro atoms. The van der Waals surface area contributed by atoms with Gasteiger partial charge < -0.3 is 4.57 Å². The summed E-state index contributed by atoms with van der Waals surface area (Å²) in [6.45, 7) is 4.00. The van der Waals surface area contributed by atoms with E-state index in [9.17, 15) is 0 Å². The average Bonchev–Trinajstić information content (AvgIpc) is 3.84. The first-order valence-electron chi connectivity index (χ1n) is 19.6. The number of hydrogen-bond acceptors (Lipinski definition) is 5. The van der Waals surface area contributed by atoms with Crippen molar-refractivity contribution >= 4 is 43.6 Å². The van der Waals surface area contributed by atoms with E-state index in [4.69, 9.17) is 24.9 Å². The molecule has 5 aromatic heterocycles. The second-order valence-electron chi connectivity index (χ2n) is 13.8. The second-order valence-corrected chi connectivity index (χ2v) is 13.8. The molecule has 11 rings (SSSR count). The molecule has 7 nitrogen and oxygen atoms in total. The van der Waals surface area contributed by atoms with Crippen molar-refractivity contribution in [2.75, 3.05) is 0 Å². The summed E-state index contributed by atoms with van der Waals surface area (Å²) < 4.78 is 4.57. The highest BCUT2D eigenvalue weighted by Gasteiger charge is 2.23. The van der Waals surface area contributed by atoms with Crippen molar-refractivity contribution in [1.29, 1.82) is 0 Å². The van der Waals surface area contributed by atoms with Gasteiger partial charge in [0, 0.05) is 61.9 Å². The Balaban J connectivity index is 0.00000201. The van der Waals surface area contributed by atoms with Gasteiger partial charge >= 0.3 is 0 Å². The Morgan fingerprint density at radius 3 is 1.26 bits per heavy atom. The van der Waals surface area contributed by atoms with E-state index in [1.807, 2.05) is 86.9 Å². The van der Waals surface area contributed by atoms with Gasteiger partial charge in [-0.3, -0.25) is 14.5 Å². The van der Waals surface area contributed by atoms with Crippen LogP contribution in [0.25, 0.3) is 101 Å². The molecule has 0 saturated heterocycles. The SMILES string of the molecule is CC.c1ccc(-c2ccc(-c3nc(-c4ccc(-c5ccccc5)nc4)nc(-n4c5ccccc5c5ccc6c7ccccc7n(-c7ccccc7)c6c54)n3)cn2)cc1. The van der Waals surface area contributed by atoms with Crippen LogP contribution in [0.2, 0.25) is 0 Å². The van der Waals surface area contributed by atoms with Crippen LogP contribution < -0.4 is 0 Å². The van der Waals surface area contributed by atoms with E-state index in [0.29, 0.717) is 17.6 Å². The van der Waals surface area contributed by atoms with Crippen molar-refractivity contribution in [1.82, 2.24) is 34.1 Å². The van der Waals surface area contributed by atoms with Gasteiger partial charge in [-0.15, -0.1) is 0 Å². The fourth-order valence-electron chi connectivity index (χ4n) is 7.89. The molecule has 0 aliphatic rings. The van der Waals surface area contributed by atoms with Crippen molar-refractivity contribution in [3.8, 4) is 56.9 Å². The van der Waals surface area contributed by atoms with Crippen LogP contribution in [0.1, 0.15) is 13.8 Å². The van der Waals surface area contributed by atoms with Crippen molar-refractivity contribution in [3.05, 3.63) is 188 Å². The monoisotopic (exact) mass is 747 g/mol. The van der Waals surface area contributed by atoms with Crippen LogP contribution in [0.4, 0.5) is 0 Å². The van der Waals surface area contributed by atoms with E-state index in [-0.39, 0.29) is 0 Å². The van der Waals surface area contributed by atoms with Crippen LogP contribution >= 0.6 is 0 Å². The zero-order valence-corrected chi connectivity index (χ0v) is 32.0. The summed E-state index contributed by atoms with van der Waals surface area (Å²) in [4.78, 5) is 25.3. The van der Waals surface area contributed by atoms with Gasteiger partial charge in [0.1, 0.15) is 0 Å². The number of fused-ring (bicyclic) bond motifs is 7. The van der Waals surface area contributed by atoms with Gasteiger partial charge in [0.05, 0.1) is 33.5 Å². The Bertz CT molecular complexity index is 3110. The second kappa shape index (κ2) is 14.7. The van der Waals surface area contributed by atoms with Crippen LogP contribution in [-0.2, 0) is 0 Å². The molecule has 6 aromatic carbocycles. The lowest BCUT2D eigenvalue weighted by molar-refractivity contribution is 0.951. The molecule has 0 unspecified atom stereocenters. The highest BCUT2D eigenvalue weighted by Crippen LogP contribution is 2.41.